The lowest BCUT2D eigenvalue weighted by molar-refractivity contribution is 1.08. The summed E-state index contributed by atoms with van der Waals surface area (Å²) >= 11 is 3.39. The highest BCUT2D eigenvalue weighted by molar-refractivity contribution is 9.10. The molecule has 1 aliphatic rings. The molecule has 2 aromatic rings. The van der Waals surface area contributed by atoms with Gasteiger partial charge in [-0.3, -0.25) is 0 Å². The van der Waals surface area contributed by atoms with Crippen molar-refractivity contribution in [3.05, 3.63) is 63.6 Å². The van der Waals surface area contributed by atoms with Crippen LogP contribution in [-0.2, 0) is 6.54 Å². The zero-order chi connectivity index (χ0) is 13.9. The Balaban J connectivity index is 1.73. The van der Waals surface area contributed by atoms with Crippen molar-refractivity contribution in [1.82, 2.24) is 0 Å². The fourth-order valence-electron chi connectivity index (χ4n) is 2.33. The van der Waals surface area contributed by atoms with Gasteiger partial charge in [0.25, 0.3) is 0 Å². The molecular weight excluding hydrogens is 312 g/mol. The predicted molar refractivity (Wildman–Crippen MR) is 84.6 cm³/mol. The van der Waals surface area contributed by atoms with Crippen LogP contribution < -0.4 is 5.32 Å². The van der Waals surface area contributed by atoms with Crippen molar-refractivity contribution in [2.24, 2.45) is 0 Å². The Morgan fingerprint density at radius 1 is 1.20 bits per heavy atom. The van der Waals surface area contributed by atoms with Crippen molar-refractivity contribution in [1.29, 1.82) is 5.26 Å². The first kappa shape index (κ1) is 13.2. The molecule has 2 nitrogen and oxygen atoms in total. The summed E-state index contributed by atoms with van der Waals surface area (Å²) in [5.41, 5.74) is 4.26. The minimum atomic E-state index is 0.665. The highest BCUT2D eigenvalue weighted by Crippen LogP contribution is 2.40. The van der Waals surface area contributed by atoms with Gasteiger partial charge in [-0.15, -0.1) is 0 Å². The van der Waals surface area contributed by atoms with Gasteiger partial charge in [0.15, 0.2) is 0 Å². The van der Waals surface area contributed by atoms with E-state index in [-0.39, 0.29) is 0 Å². The fourth-order valence-corrected chi connectivity index (χ4v) is 2.70. The summed E-state index contributed by atoms with van der Waals surface area (Å²) in [7, 11) is 0. The van der Waals surface area contributed by atoms with E-state index in [0.717, 1.165) is 22.6 Å². The molecule has 3 rings (SSSR count). The Hall–Kier alpha value is -1.79. The van der Waals surface area contributed by atoms with Crippen LogP contribution in [-0.4, -0.2) is 0 Å². The molecule has 1 aliphatic carbocycles. The summed E-state index contributed by atoms with van der Waals surface area (Å²) in [6.07, 6.45) is 2.64. The maximum Gasteiger partial charge on any atom is 0.101 e. The van der Waals surface area contributed by atoms with E-state index < -0.39 is 0 Å². The van der Waals surface area contributed by atoms with Crippen LogP contribution in [0.1, 0.15) is 35.4 Å². The van der Waals surface area contributed by atoms with Gasteiger partial charge in [-0.25, -0.2) is 0 Å². The van der Waals surface area contributed by atoms with Crippen LogP contribution in [0.2, 0.25) is 0 Å². The predicted octanol–water partition coefficient (Wildman–Crippen LogP) is 4.81. The molecule has 3 heteroatoms. The van der Waals surface area contributed by atoms with Gasteiger partial charge in [-0.05, 0) is 48.1 Å². The molecule has 0 unspecified atom stereocenters. The Labute approximate surface area is 127 Å². The van der Waals surface area contributed by atoms with Crippen LogP contribution in [0.15, 0.2) is 46.9 Å². The molecule has 2 aromatic carbocycles. The SMILES string of the molecule is N#Cc1cc(Br)ccc1NCc1cccc(C2CC2)c1. The summed E-state index contributed by atoms with van der Waals surface area (Å²) in [6.45, 7) is 0.747. The van der Waals surface area contributed by atoms with E-state index in [9.17, 15) is 0 Å². The van der Waals surface area contributed by atoms with Gasteiger partial charge >= 0.3 is 0 Å². The number of halogens is 1. The highest BCUT2D eigenvalue weighted by atomic mass is 79.9. The van der Waals surface area contributed by atoms with Crippen LogP contribution in [0.5, 0.6) is 0 Å². The first-order chi connectivity index (χ1) is 9.76. The number of benzene rings is 2. The summed E-state index contributed by atoms with van der Waals surface area (Å²) in [5.74, 6) is 0.775. The van der Waals surface area contributed by atoms with Gasteiger partial charge < -0.3 is 5.32 Å². The second-order valence-corrected chi connectivity index (χ2v) is 6.09. The van der Waals surface area contributed by atoms with Gasteiger partial charge in [0.2, 0.25) is 0 Å². The highest BCUT2D eigenvalue weighted by Gasteiger charge is 2.23. The first-order valence-electron chi connectivity index (χ1n) is 6.78. The number of hydrogen-bond donors (Lipinski definition) is 1. The van der Waals surface area contributed by atoms with Crippen molar-refractivity contribution < 1.29 is 0 Å². The van der Waals surface area contributed by atoms with Crippen molar-refractivity contribution in [3.8, 4) is 6.07 Å². The molecule has 20 heavy (non-hydrogen) atoms. The number of hydrogen-bond acceptors (Lipinski definition) is 2. The van der Waals surface area contributed by atoms with Crippen molar-refractivity contribution in [2.45, 2.75) is 25.3 Å². The molecule has 0 aliphatic heterocycles. The van der Waals surface area contributed by atoms with Gasteiger partial charge in [0, 0.05) is 11.0 Å². The topological polar surface area (TPSA) is 35.8 Å². The Kier molecular flexibility index (Phi) is 3.75. The molecule has 0 bridgehead atoms. The van der Waals surface area contributed by atoms with E-state index in [1.54, 1.807) is 0 Å². The summed E-state index contributed by atoms with van der Waals surface area (Å²) in [5, 5.41) is 12.5. The smallest absolute Gasteiger partial charge is 0.101 e. The zero-order valence-electron chi connectivity index (χ0n) is 11.1. The molecule has 0 amide bonds. The number of nitriles is 1. The second kappa shape index (κ2) is 5.68. The molecule has 1 fully saturated rings. The third-order valence-corrected chi connectivity index (χ3v) is 4.08. The maximum absolute atomic E-state index is 9.15. The standard InChI is InChI=1S/C17H15BrN2/c18-16-6-7-17(15(9-16)10-19)20-11-12-2-1-3-14(8-12)13-4-5-13/h1-3,6-9,13,20H,4-5,11H2. The lowest BCUT2D eigenvalue weighted by Crippen LogP contribution is -2.01. The minimum absolute atomic E-state index is 0.665. The van der Waals surface area contributed by atoms with Crippen molar-refractivity contribution >= 4 is 21.6 Å². The van der Waals surface area contributed by atoms with Crippen molar-refractivity contribution in [2.75, 3.05) is 5.32 Å². The average Bonchev–Trinajstić information content (AvgIpc) is 3.31. The van der Waals surface area contributed by atoms with E-state index in [0.29, 0.717) is 5.56 Å². The fraction of sp³-hybridized carbons (Fsp3) is 0.235. The monoisotopic (exact) mass is 326 g/mol. The number of anilines is 1. The number of nitrogens with one attached hydrogen (secondary N) is 1. The summed E-state index contributed by atoms with van der Waals surface area (Å²) in [4.78, 5) is 0. The van der Waals surface area contributed by atoms with E-state index in [1.165, 1.54) is 24.0 Å². The molecule has 0 radical (unpaired) electrons. The minimum Gasteiger partial charge on any atom is -0.380 e. The molecule has 0 spiro atoms. The largest absolute Gasteiger partial charge is 0.380 e. The van der Waals surface area contributed by atoms with Gasteiger partial charge in [0.05, 0.1) is 11.3 Å². The molecule has 0 atom stereocenters. The Morgan fingerprint density at radius 2 is 2.05 bits per heavy atom. The van der Waals surface area contributed by atoms with Gasteiger partial charge in [-0.1, -0.05) is 40.2 Å². The molecule has 0 aromatic heterocycles. The molecule has 100 valence electrons. The second-order valence-electron chi connectivity index (χ2n) is 5.17. The molecule has 1 saturated carbocycles. The van der Waals surface area contributed by atoms with E-state index in [4.69, 9.17) is 5.26 Å². The number of rotatable bonds is 4. The number of nitrogens with zero attached hydrogens (tertiary/aromatic N) is 1. The van der Waals surface area contributed by atoms with Crippen LogP contribution in [0.25, 0.3) is 0 Å². The molecule has 1 N–H and O–H groups in total. The van der Waals surface area contributed by atoms with Crippen LogP contribution in [0.4, 0.5) is 5.69 Å². The zero-order valence-corrected chi connectivity index (χ0v) is 12.7. The average molecular weight is 327 g/mol. The maximum atomic E-state index is 9.15. The van der Waals surface area contributed by atoms with E-state index in [2.05, 4.69) is 51.6 Å². The molecular formula is C17H15BrN2. The van der Waals surface area contributed by atoms with Gasteiger partial charge in [-0.2, -0.15) is 5.26 Å². The third kappa shape index (κ3) is 3.02. The molecule has 0 saturated heterocycles. The lowest BCUT2D eigenvalue weighted by atomic mass is 10.1. The molecule has 0 heterocycles. The summed E-state index contributed by atoms with van der Waals surface area (Å²) < 4.78 is 0.926. The quantitative estimate of drug-likeness (QED) is 0.875. The third-order valence-electron chi connectivity index (χ3n) is 3.58. The van der Waals surface area contributed by atoms with Crippen LogP contribution in [0, 0.1) is 11.3 Å². The summed E-state index contributed by atoms with van der Waals surface area (Å²) in [6, 6.07) is 16.7. The van der Waals surface area contributed by atoms with Crippen LogP contribution >= 0.6 is 15.9 Å². The Morgan fingerprint density at radius 3 is 2.80 bits per heavy atom. The van der Waals surface area contributed by atoms with E-state index >= 15 is 0 Å². The van der Waals surface area contributed by atoms with E-state index in [1.807, 2.05) is 18.2 Å². The Bertz CT molecular complexity index is 669. The first-order valence-corrected chi connectivity index (χ1v) is 7.58. The van der Waals surface area contributed by atoms with Crippen LogP contribution in [0.3, 0.4) is 0 Å². The normalized spacial score (nSPS) is 13.8. The van der Waals surface area contributed by atoms with Crippen molar-refractivity contribution in [3.63, 3.8) is 0 Å². The lowest BCUT2D eigenvalue weighted by Gasteiger charge is -2.09. The van der Waals surface area contributed by atoms with Gasteiger partial charge in [0.1, 0.15) is 6.07 Å².